The van der Waals surface area contributed by atoms with Crippen LogP contribution in [-0.2, 0) is 22.7 Å². The number of hydrogen-bond donors (Lipinski definition) is 3. The molecule has 0 unspecified atom stereocenters. The van der Waals surface area contributed by atoms with E-state index >= 15 is 0 Å². The Hall–Kier alpha value is -4.85. The highest BCUT2D eigenvalue weighted by molar-refractivity contribution is 7.22. The molecule has 14 heteroatoms. The number of alkyl halides is 3. The van der Waals surface area contributed by atoms with E-state index in [0.717, 1.165) is 34.7 Å². The number of halogens is 3. The first-order valence-corrected chi connectivity index (χ1v) is 12.7. The van der Waals surface area contributed by atoms with Crippen LogP contribution in [0.2, 0.25) is 0 Å². The van der Waals surface area contributed by atoms with Gasteiger partial charge in [0.15, 0.2) is 5.13 Å². The van der Waals surface area contributed by atoms with Gasteiger partial charge in [0, 0.05) is 14.1 Å². The number of benzene rings is 3. The van der Waals surface area contributed by atoms with Crippen molar-refractivity contribution in [2.75, 3.05) is 37.6 Å². The van der Waals surface area contributed by atoms with E-state index in [9.17, 15) is 22.8 Å². The lowest BCUT2D eigenvalue weighted by Crippen LogP contribution is -2.03. The van der Waals surface area contributed by atoms with Crippen molar-refractivity contribution < 1.29 is 32.2 Å². The SMILES string of the molecule is CNc1ccc(C(=O)OC)cc1N.COC(=O)c1ccc2c(c1)nc(Nc1nc3ccc(C(F)(F)F)cc3s1)n2C. The maximum Gasteiger partial charge on any atom is 0.416 e. The van der Waals surface area contributed by atoms with Crippen LogP contribution < -0.4 is 16.4 Å². The van der Waals surface area contributed by atoms with Gasteiger partial charge in [-0.05, 0) is 54.6 Å². The van der Waals surface area contributed by atoms with Crippen molar-refractivity contribution in [3.8, 4) is 0 Å². The number of thiazole rings is 1. The first-order chi connectivity index (χ1) is 19.4. The van der Waals surface area contributed by atoms with Crippen LogP contribution in [0.15, 0.2) is 54.6 Å². The minimum Gasteiger partial charge on any atom is -0.465 e. The Balaban J connectivity index is 0.000000251. The zero-order valence-electron chi connectivity index (χ0n) is 22.3. The molecule has 2 heterocycles. The molecular formula is C27H25F3N6O4S. The molecule has 0 saturated carbocycles. The number of aryl methyl sites for hydroxylation is 1. The molecule has 214 valence electrons. The summed E-state index contributed by atoms with van der Waals surface area (Å²) in [5, 5.41) is 6.35. The third-order valence-electron chi connectivity index (χ3n) is 5.98. The molecule has 4 N–H and O–H groups in total. The molecule has 0 aliphatic heterocycles. The van der Waals surface area contributed by atoms with E-state index in [1.54, 1.807) is 55.1 Å². The molecule has 0 amide bonds. The maximum atomic E-state index is 12.9. The molecule has 0 radical (unpaired) electrons. The molecular weight excluding hydrogens is 561 g/mol. The summed E-state index contributed by atoms with van der Waals surface area (Å²) in [4.78, 5) is 31.5. The van der Waals surface area contributed by atoms with Gasteiger partial charge in [-0.2, -0.15) is 13.2 Å². The predicted octanol–water partition coefficient (Wildman–Crippen LogP) is 5.83. The van der Waals surface area contributed by atoms with Crippen LogP contribution in [0.5, 0.6) is 0 Å². The second kappa shape index (κ2) is 11.7. The number of anilines is 4. The Morgan fingerprint density at radius 3 is 2.20 bits per heavy atom. The van der Waals surface area contributed by atoms with E-state index in [-0.39, 0.29) is 5.97 Å². The number of methoxy groups -OCH3 is 2. The highest BCUT2D eigenvalue weighted by atomic mass is 32.1. The zero-order chi connectivity index (χ0) is 29.9. The van der Waals surface area contributed by atoms with Crippen LogP contribution in [-0.4, -0.2) is 47.7 Å². The minimum absolute atomic E-state index is 0.374. The van der Waals surface area contributed by atoms with Crippen molar-refractivity contribution in [1.29, 1.82) is 0 Å². The van der Waals surface area contributed by atoms with Crippen molar-refractivity contribution in [2.24, 2.45) is 7.05 Å². The normalized spacial score (nSPS) is 11.1. The van der Waals surface area contributed by atoms with Gasteiger partial charge in [-0.3, -0.25) is 0 Å². The number of nitrogens with zero attached hydrogens (tertiary/aromatic N) is 3. The Morgan fingerprint density at radius 2 is 1.59 bits per heavy atom. The summed E-state index contributed by atoms with van der Waals surface area (Å²) in [5.74, 6) is -0.393. The van der Waals surface area contributed by atoms with Crippen molar-refractivity contribution >= 4 is 67.0 Å². The second-order valence-corrected chi connectivity index (χ2v) is 9.59. The summed E-state index contributed by atoms with van der Waals surface area (Å²) in [5.41, 5.74) is 8.92. The lowest BCUT2D eigenvalue weighted by atomic mass is 10.2. The van der Waals surface area contributed by atoms with Crippen LogP contribution in [0, 0.1) is 0 Å². The monoisotopic (exact) mass is 586 g/mol. The summed E-state index contributed by atoms with van der Waals surface area (Å²) < 4.78 is 50.1. The van der Waals surface area contributed by atoms with Crippen molar-refractivity contribution in [1.82, 2.24) is 14.5 Å². The van der Waals surface area contributed by atoms with Crippen LogP contribution in [0.4, 0.5) is 35.6 Å². The van der Waals surface area contributed by atoms with Gasteiger partial charge >= 0.3 is 18.1 Å². The van der Waals surface area contributed by atoms with Gasteiger partial charge in [0.05, 0.1) is 63.5 Å². The van der Waals surface area contributed by atoms with Crippen LogP contribution in [0.25, 0.3) is 21.3 Å². The van der Waals surface area contributed by atoms with Crippen LogP contribution in [0.1, 0.15) is 26.3 Å². The molecule has 0 aliphatic carbocycles. The number of esters is 2. The molecule has 0 atom stereocenters. The fraction of sp³-hybridized carbons (Fsp3) is 0.185. The van der Waals surface area contributed by atoms with E-state index in [2.05, 4.69) is 25.3 Å². The zero-order valence-corrected chi connectivity index (χ0v) is 23.1. The van der Waals surface area contributed by atoms with Gasteiger partial charge in [0.1, 0.15) is 0 Å². The van der Waals surface area contributed by atoms with Gasteiger partial charge in [0.2, 0.25) is 5.95 Å². The number of hydrogen-bond acceptors (Lipinski definition) is 10. The van der Waals surface area contributed by atoms with E-state index in [4.69, 9.17) is 10.5 Å². The third-order valence-corrected chi connectivity index (χ3v) is 6.91. The number of nitrogens with two attached hydrogens (primary N) is 1. The molecule has 5 rings (SSSR count). The highest BCUT2D eigenvalue weighted by Gasteiger charge is 2.30. The molecule has 0 fully saturated rings. The summed E-state index contributed by atoms with van der Waals surface area (Å²) >= 11 is 1.10. The van der Waals surface area contributed by atoms with E-state index in [0.29, 0.717) is 43.6 Å². The minimum atomic E-state index is -4.40. The number of nitrogen functional groups attached to an aromatic ring is 1. The van der Waals surface area contributed by atoms with Crippen LogP contribution >= 0.6 is 11.3 Å². The predicted molar refractivity (Wildman–Crippen MR) is 152 cm³/mol. The topological polar surface area (TPSA) is 133 Å². The van der Waals surface area contributed by atoms with E-state index in [1.165, 1.54) is 20.3 Å². The lowest BCUT2D eigenvalue weighted by molar-refractivity contribution is -0.137. The number of aromatic nitrogens is 3. The Kier molecular flexibility index (Phi) is 8.33. The van der Waals surface area contributed by atoms with E-state index < -0.39 is 17.7 Å². The average Bonchev–Trinajstić information content (AvgIpc) is 3.50. The first kappa shape index (κ1) is 29.1. The molecule has 2 aromatic heterocycles. The number of carbonyl (C=O) groups excluding carboxylic acids is 2. The largest absolute Gasteiger partial charge is 0.465 e. The van der Waals surface area contributed by atoms with Gasteiger partial charge in [0.25, 0.3) is 0 Å². The summed E-state index contributed by atoms with van der Waals surface area (Å²) in [7, 11) is 6.19. The van der Waals surface area contributed by atoms with E-state index in [1.807, 2.05) is 0 Å². The van der Waals surface area contributed by atoms with Crippen LogP contribution in [0.3, 0.4) is 0 Å². The number of rotatable bonds is 5. The van der Waals surface area contributed by atoms with Gasteiger partial charge < -0.3 is 30.4 Å². The average molecular weight is 587 g/mol. The van der Waals surface area contributed by atoms with Gasteiger partial charge in [-0.15, -0.1) is 0 Å². The standard InChI is InChI=1S/C18H13F3N4O2S.C9H12N2O2/c1-25-13-6-3-9(15(26)27-2)7-12(13)22-16(25)24-17-23-11-5-4-10(18(19,20)21)8-14(11)28-17;1-11-8-4-3-6(5-7(8)10)9(12)13-2/h3-8H,1-2H3,(H,22,23,24);3-5,11H,10H2,1-2H3. The molecule has 10 nitrogen and oxygen atoms in total. The summed E-state index contributed by atoms with van der Waals surface area (Å²) in [6.45, 7) is 0. The molecule has 41 heavy (non-hydrogen) atoms. The number of fused-ring (bicyclic) bond motifs is 2. The lowest BCUT2D eigenvalue weighted by Gasteiger charge is -2.05. The quantitative estimate of drug-likeness (QED) is 0.172. The Morgan fingerprint density at radius 1 is 0.927 bits per heavy atom. The van der Waals surface area contributed by atoms with Gasteiger partial charge in [-0.1, -0.05) is 11.3 Å². The number of ether oxygens (including phenoxy) is 2. The van der Waals surface area contributed by atoms with Crippen molar-refractivity contribution in [3.63, 3.8) is 0 Å². The molecule has 0 saturated heterocycles. The van der Waals surface area contributed by atoms with Crippen molar-refractivity contribution in [3.05, 3.63) is 71.3 Å². The highest BCUT2D eigenvalue weighted by Crippen LogP contribution is 2.35. The Bertz CT molecular complexity index is 1750. The summed E-state index contributed by atoms with van der Waals surface area (Å²) in [6, 6.07) is 13.4. The molecule has 0 spiro atoms. The van der Waals surface area contributed by atoms with Crippen molar-refractivity contribution in [2.45, 2.75) is 6.18 Å². The third kappa shape index (κ3) is 6.32. The smallest absolute Gasteiger partial charge is 0.416 e. The van der Waals surface area contributed by atoms with Gasteiger partial charge in [-0.25, -0.2) is 19.6 Å². The fourth-order valence-corrected chi connectivity index (χ4v) is 4.74. The molecule has 3 aromatic carbocycles. The molecule has 0 aliphatic rings. The fourth-order valence-electron chi connectivity index (χ4n) is 3.84. The second-order valence-electron chi connectivity index (χ2n) is 8.56. The Labute approximate surface area is 235 Å². The number of nitrogens with one attached hydrogen (secondary N) is 2. The number of carbonyl (C=O) groups is 2. The number of imidazole rings is 1. The molecule has 5 aromatic rings. The first-order valence-electron chi connectivity index (χ1n) is 11.9. The summed E-state index contributed by atoms with van der Waals surface area (Å²) in [6.07, 6.45) is -4.40. The molecule has 0 bridgehead atoms. The maximum absolute atomic E-state index is 12.9.